The molecule has 2 saturated heterocycles. The van der Waals surface area contributed by atoms with Gasteiger partial charge in [-0.05, 0) is 37.5 Å². The quantitative estimate of drug-likeness (QED) is 0.756. The maximum Gasteiger partial charge on any atom is 0.416 e. The van der Waals surface area contributed by atoms with Crippen LogP contribution in [-0.4, -0.2) is 69.1 Å². The molecule has 2 heterocycles. The molecule has 2 aliphatic rings. The Bertz CT molecular complexity index is 820. The van der Waals surface area contributed by atoms with Crippen molar-refractivity contribution in [3.8, 4) is 0 Å². The normalized spacial score (nSPS) is 20.9. The molecule has 0 aromatic heterocycles. The molecular weight excluding hydrogens is 395 g/mol. The first-order valence-electron chi connectivity index (χ1n) is 9.96. The number of ether oxygens (including phenoxy) is 2. The first-order chi connectivity index (χ1) is 14.3. The van der Waals surface area contributed by atoms with Gasteiger partial charge in [-0.2, -0.15) is 0 Å². The lowest BCUT2D eigenvalue weighted by molar-refractivity contribution is -0.134. The van der Waals surface area contributed by atoms with Gasteiger partial charge in [0.05, 0.1) is 24.5 Å². The fourth-order valence-corrected chi connectivity index (χ4v) is 3.61. The third-order valence-electron chi connectivity index (χ3n) is 5.40. The van der Waals surface area contributed by atoms with Crippen molar-refractivity contribution in [1.29, 1.82) is 0 Å². The van der Waals surface area contributed by atoms with Gasteiger partial charge < -0.3 is 24.6 Å². The second-order valence-corrected chi connectivity index (χ2v) is 7.42. The summed E-state index contributed by atoms with van der Waals surface area (Å²) >= 11 is 0. The van der Waals surface area contributed by atoms with Gasteiger partial charge in [0.2, 0.25) is 5.91 Å². The minimum absolute atomic E-state index is 0.138. The fraction of sp³-hybridized carbons (Fsp3) is 0.550. The highest BCUT2D eigenvalue weighted by molar-refractivity contribution is 5.90. The number of hydrogen-bond donors (Lipinski definition) is 1. The summed E-state index contributed by atoms with van der Waals surface area (Å²) in [6, 6.07) is 4.61. The van der Waals surface area contributed by atoms with Crippen LogP contribution in [0.15, 0.2) is 18.2 Å². The Hall–Kier alpha value is -3.04. The van der Waals surface area contributed by atoms with Gasteiger partial charge in [-0.15, -0.1) is 0 Å². The lowest BCUT2D eigenvalue weighted by atomic mass is 10.1. The SMILES string of the molecule is CCOC(=O)NCC1CCN(c2ccc(N3CC(N(C)C(C)=O)OC3=O)cc2F)C1. The average Bonchev–Trinajstić information content (AvgIpc) is 3.32. The number of likely N-dealkylation sites (N-methyl/N-ethyl adjacent to an activating group) is 1. The molecule has 0 aliphatic carbocycles. The molecule has 0 spiro atoms. The summed E-state index contributed by atoms with van der Waals surface area (Å²) in [5.41, 5.74) is 0.822. The Labute approximate surface area is 174 Å². The van der Waals surface area contributed by atoms with Crippen molar-refractivity contribution >= 4 is 29.5 Å². The number of rotatable bonds is 6. The zero-order chi connectivity index (χ0) is 21.8. The molecule has 2 unspecified atom stereocenters. The number of nitrogens with one attached hydrogen (secondary N) is 1. The minimum Gasteiger partial charge on any atom is -0.450 e. The first-order valence-corrected chi connectivity index (χ1v) is 9.96. The smallest absolute Gasteiger partial charge is 0.416 e. The van der Waals surface area contributed by atoms with E-state index in [0.29, 0.717) is 37.6 Å². The van der Waals surface area contributed by atoms with Gasteiger partial charge in [-0.25, -0.2) is 14.0 Å². The Balaban J connectivity index is 1.61. The molecule has 3 amide bonds. The highest BCUT2D eigenvalue weighted by Gasteiger charge is 2.36. The molecule has 3 rings (SSSR count). The molecule has 1 N–H and O–H groups in total. The van der Waals surface area contributed by atoms with E-state index in [-0.39, 0.29) is 18.4 Å². The molecular formula is C20H27FN4O5. The first kappa shape index (κ1) is 21.7. The highest BCUT2D eigenvalue weighted by Crippen LogP contribution is 2.31. The number of benzene rings is 1. The number of carbonyl (C=O) groups excluding carboxylic acids is 3. The van der Waals surface area contributed by atoms with Crippen LogP contribution in [0.5, 0.6) is 0 Å². The van der Waals surface area contributed by atoms with Crippen LogP contribution in [0.3, 0.4) is 0 Å². The van der Waals surface area contributed by atoms with E-state index in [1.165, 1.54) is 22.8 Å². The molecule has 0 bridgehead atoms. The van der Waals surface area contributed by atoms with Crippen LogP contribution < -0.4 is 15.1 Å². The van der Waals surface area contributed by atoms with E-state index in [9.17, 15) is 18.8 Å². The molecule has 2 fully saturated rings. The third-order valence-corrected chi connectivity index (χ3v) is 5.40. The Kier molecular flexibility index (Phi) is 6.63. The molecule has 2 atom stereocenters. The van der Waals surface area contributed by atoms with Crippen molar-refractivity contribution in [2.24, 2.45) is 5.92 Å². The van der Waals surface area contributed by atoms with Crippen LogP contribution in [0.2, 0.25) is 0 Å². The predicted molar refractivity (Wildman–Crippen MR) is 108 cm³/mol. The standard InChI is InChI=1S/C20H27FN4O5/c1-4-29-19(27)22-10-14-7-8-24(11-14)17-6-5-15(9-16(17)21)25-12-18(30-20(25)28)23(3)13(2)26/h5-6,9,14,18H,4,7-8,10-12H2,1-3H3,(H,22,27). The monoisotopic (exact) mass is 422 g/mol. The van der Waals surface area contributed by atoms with E-state index in [4.69, 9.17) is 9.47 Å². The van der Waals surface area contributed by atoms with E-state index >= 15 is 0 Å². The minimum atomic E-state index is -0.705. The van der Waals surface area contributed by atoms with Crippen molar-refractivity contribution in [3.63, 3.8) is 0 Å². The molecule has 1 aromatic carbocycles. The summed E-state index contributed by atoms with van der Waals surface area (Å²) in [6.07, 6.45) is -0.946. The molecule has 9 nitrogen and oxygen atoms in total. The predicted octanol–water partition coefficient (Wildman–Crippen LogP) is 2.16. The van der Waals surface area contributed by atoms with E-state index in [0.717, 1.165) is 6.42 Å². The number of hydrogen-bond acceptors (Lipinski definition) is 6. The second-order valence-electron chi connectivity index (χ2n) is 7.42. The van der Waals surface area contributed by atoms with Crippen molar-refractivity contribution in [1.82, 2.24) is 10.2 Å². The molecule has 30 heavy (non-hydrogen) atoms. The summed E-state index contributed by atoms with van der Waals surface area (Å²) in [7, 11) is 1.55. The van der Waals surface area contributed by atoms with Crippen LogP contribution >= 0.6 is 0 Å². The van der Waals surface area contributed by atoms with Gasteiger partial charge in [0, 0.05) is 33.6 Å². The number of halogens is 1. The van der Waals surface area contributed by atoms with Crippen molar-refractivity contribution in [2.45, 2.75) is 26.5 Å². The molecule has 1 aromatic rings. The molecule has 10 heteroatoms. The maximum absolute atomic E-state index is 14.8. The topological polar surface area (TPSA) is 91.4 Å². The summed E-state index contributed by atoms with van der Waals surface area (Å²) in [6.45, 7) is 5.33. The van der Waals surface area contributed by atoms with Crippen molar-refractivity contribution in [2.75, 3.05) is 49.6 Å². The summed E-state index contributed by atoms with van der Waals surface area (Å²) in [5.74, 6) is -0.468. The number of anilines is 2. The Morgan fingerprint density at radius 3 is 2.80 bits per heavy atom. The van der Waals surface area contributed by atoms with E-state index in [2.05, 4.69) is 5.32 Å². The van der Waals surface area contributed by atoms with Gasteiger partial charge in [0.25, 0.3) is 0 Å². The highest BCUT2D eigenvalue weighted by atomic mass is 19.1. The number of carbonyl (C=O) groups is 3. The second kappa shape index (κ2) is 9.19. The number of alkyl carbamates (subject to hydrolysis) is 1. The zero-order valence-corrected chi connectivity index (χ0v) is 17.4. The van der Waals surface area contributed by atoms with Gasteiger partial charge in [-0.1, -0.05) is 0 Å². The van der Waals surface area contributed by atoms with Crippen LogP contribution in [0, 0.1) is 11.7 Å². The van der Waals surface area contributed by atoms with Crippen molar-refractivity contribution in [3.05, 3.63) is 24.0 Å². The van der Waals surface area contributed by atoms with Crippen LogP contribution in [0.4, 0.5) is 25.4 Å². The largest absolute Gasteiger partial charge is 0.450 e. The summed E-state index contributed by atoms with van der Waals surface area (Å²) < 4.78 is 24.9. The van der Waals surface area contributed by atoms with E-state index in [1.807, 2.05) is 4.90 Å². The number of cyclic esters (lactones) is 1. The van der Waals surface area contributed by atoms with Gasteiger partial charge in [0.1, 0.15) is 5.82 Å². The number of nitrogens with zero attached hydrogens (tertiary/aromatic N) is 3. The lowest BCUT2D eigenvalue weighted by Gasteiger charge is -2.22. The Morgan fingerprint density at radius 1 is 1.37 bits per heavy atom. The third kappa shape index (κ3) is 4.74. The molecule has 2 aliphatic heterocycles. The summed E-state index contributed by atoms with van der Waals surface area (Å²) in [4.78, 5) is 39.7. The molecule has 164 valence electrons. The molecule has 0 radical (unpaired) electrons. The Morgan fingerprint density at radius 2 is 2.13 bits per heavy atom. The van der Waals surface area contributed by atoms with Gasteiger partial charge >= 0.3 is 12.2 Å². The van der Waals surface area contributed by atoms with Gasteiger partial charge in [0.15, 0.2) is 6.23 Å². The number of amides is 3. The fourth-order valence-electron chi connectivity index (χ4n) is 3.61. The van der Waals surface area contributed by atoms with E-state index < -0.39 is 24.2 Å². The van der Waals surface area contributed by atoms with Gasteiger partial charge in [-0.3, -0.25) is 9.69 Å². The van der Waals surface area contributed by atoms with Crippen LogP contribution in [-0.2, 0) is 14.3 Å². The molecule has 0 saturated carbocycles. The van der Waals surface area contributed by atoms with Crippen LogP contribution in [0.25, 0.3) is 0 Å². The lowest BCUT2D eigenvalue weighted by Crippen LogP contribution is -2.38. The average molecular weight is 422 g/mol. The zero-order valence-electron chi connectivity index (χ0n) is 17.4. The van der Waals surface area contributed by atoms with Crippen LogP contribution in [0.1, 0.15) is 20.3 Å². The van der Waals surface area contributed by atoms with Crippen molar-refractivity contribution < 1.29 is 28.2 Å². The maximum atomic E-state index is 14.8. The summed E-state index contributed by atoms with van der Waals surface area (Å²) in [5, 5.41) is 2.72. The van der Waals surface area contributed by atoms with E-state index in [1.54, 1.807) is 26.1 Å².